The Hall–Kier alpha value is -0.0500. The Kier molecular flexibility index (Phi) is 5.44. The van der Waals surface area contributed by atoms with Crippen molar-refractivity contribution in [1.82, 2.24) is 4.90 Å². The molecule has 1 saturated carbocycles. The summed E-state index contributed by atoms with van der Waals surface area (Å²) in [5.41, 5.74) is 0. The lowest BCUT2D eigenvalue weighted by atomic mass is 10.4. The van der Waals surface area contributed by atoms with E-state index in [0.717, 1.165) is 25.7 Å². The minimum atomic E-state index is 0.614. The highest BCUT2D eigenvalue weighted by Crippen LogP contribution is 2.26. The van der Waals surface area contributed by atoms with E-state index in [4.69, 9.17) is 16.3 Å². The van der Waals surface area contributed by atoms with E-state index >= 15 is 0 Å². The SMILES string of the molecule is COCCN(CC=CCCl)C1CC1. The van der Waals surface area contributed by atoms with Crippen LogP contribution in [0.5, 0.6) is 0 Å². The molecule has 0 spiro atoms. The molecule has 3 heteroatoms. The van der Waals surface area contributed by atoms with Crippen molar-refractivity contribution in [3.8, 4) is 0 Å². The van der Waals surface area contributed by atoms with Crippen molar-refractivity contribution in [3.05, 3.63) is 12.2 Å². The van der Waals surface area contributed by atoms with E-state index in [-0.39, 0.29) is 0 Å². The normalized spacial score (nSPS) is 17.5. The van der Waals surface area contributed by atoms with E-state index in [2.05, 4.69) is 11.0 Å². The van der Waals surface area contributed by atoms with Crippen LogP contribution in [0, 0.1) is 0 Å². The lowest BCUT2D eigenvalue weighted by Crippen LogP contribution is -2.29. The standard InChI is InChI=1S/C10H18ClNO/c1-13-9-8-12(10-4-5-10)7-3-2-6-11/h2-3,10H,4-9H2,1H3. The highest BCUT2D eigenvalue weighted by molar-refractivity contribution is 6.18. The Morgan fingerprint density at radius 1 is 1.46 bits per heavy atom. The van der Waals surface area contributed by atoms with Gasteiger partial charge in [-0.1, -0.05) is 12.2 Å². The summed E-state index contributed by atoms with van der Waals surface area (Å²) in [4.78, 5) is 2.45. The van der Waals surface area contributed by atoms with E-state index in [0.29, 0.717) is 5.88 Å². The van der Waals surface area contributed by atoms with Crippen molar-refractivity contribution < 1.29 is 4.74 Å². The first-order chi connectivity index (χ1) is 6.38. The second kappa shape index (κ2) is 6.41. The van der Waals surface area contributed by atoms with Crippen molar-refractivity contribution in [2.75, 3.05) is 32.7 Å². The van der Waals surface area contributed by atoms with Crippen molar-refractivity contribution in [1.29, 1.82) is 0 Å². The molecule has 0 bridgehead atoms. The molecule has 13 heavy (non-hydrogen) atoms. The number of alkyl halides is 1. The van der Waals surface area contributed by atoms with Gasteiger partial charge in [0.2, 0.25) is 0 Å². The maximum absolute atomic E-state index is 5.55. The van der Waals surface area contributed by atoms with Gasteiger partial charge in [0.15, 0.2) is 0 Å². The summed E-state index contributed by atoms with van der Waals surface area (Å²) < 4.78 is 5.06. The Balaban J connectivity index is 2.17. The average molecular weight is 204 g/mol. The van der Waals surface area contributed by atoms with Crippen LogP contribution in [0.4, 0.5) is 0 Å². The van der Waals surface area contributed by atoms with Gasteiger partial charge in [0.1, 0.15) is 0 Å². The number of hydrogen-bond acceptors (Lipinski definition) is 2. The molecule has 0 N–H and O–H groups in total. The van der Waals surface area contributed by atoms with Crippen LogP contribution in [0.1, 0.15) is 12.8 Å². The van der Waals surface area contributed by atoms with Gasteiger partial charge >= 0.3 is 0 Å². The van der Waals surface area contributed by atoms with Crippen LogP contribution in [0.15, 0.2) is 12.2 Å². The fourth-order valence-corrected chi connectivity index (χ4v) is 1.47. The first kappa shape index (κ1) is 11.0. The van der Waals surface area contributed by atoms with Crippen LogP contribution >= 0.6 is 11.6 Å². The molecule has 0 aliphatic heterocycles. The van der Waals surface area contributed by atoms with E-state index in [9.17, 15) is 0 Å². The van der Waals surface area contributed by atoms with Crippen molar-refractivity contribution in [2.45, 2.75) is 18.9 Å². The molecule has 1 aliphatic rings. The average Bonchev–Trinajstić information content (AvgIpc) is 2.94. The second-order valence-corrected chi connectivity index (χ2v) is 3.65. The molecule has 0 aromatic heterocycles. The van der Waals surface area contributed by atoms with Crippen molar-refractivity contribution >= 4 is 11.6 Å². The van der Waals surface area contributed by atoms with Gasteiger partial charge in [0.25, 0.3) is 0 Å². The van der Waals surface area contributed by atoms with Crippen LogP contribution in [-0.2, 0) is 4.74 Å². The zero-order valence-electron chi connectivity index (χ0n) is 8.21. The van der Waals surface area contributed by atoms with Gasteiger partial charge in [0.05, 0.1) is 6.61 Å². The van der Waals surface area contributed by atoms with Gasteiger partial charge in [-0.15, -0.1) is 11.6 Å². The Morgan fingerprint density at radius 3 is 2.77 bits per heavy atom. The second-order valence-electron chi connectivity index (χ2n) is 3.34. The van der Waals surface area contributed by atoms with Gasteiger partial charge < -0.3 is 4.74 Å². The molecule has 0 saturated heterocycles. The first-order valence-electron chi connectivity index (χ1n) is 4.82. The first-order valence-corrected chi connectivity index (χ1v) is 5.36. The van der Waals surface area contributed by atoms with Gasteiger partial charge in [-0.3, -0.25) is 4.90 Å². The molecule has 1 fully saturated rings. The van der Waals surface area contributed by atoms with E-state index < -0.39 is 0 Å². The molecule has 76 valence electrons. The fraction of sp³-hybridized carbons (Fsp3) is 0.800. The topological polar surface area (TPSA) is 12.5 Å². The van der Waals surface area contributed by atoms with Gasteiger partial charge in [-0.05, 0) is 12.8 Å². The van der Waals surface area contributed by atoms with Crippen molar-refractivity contribution in [3.63, 3.8) is 0 Å². The molecule has 0 unspecified atom stereocenters. The molecule has 2 nitrogen and oxygen atoms in total. The molecule has 0 aromatic rings. The van der Waals surface area contributed by atoms with Crippen LogP contribution in [-0.4, -0.2) is 43.6 Å². The number of halogens is 1. The number of allylic oxidation sites excluding steroid dienone is 1. The lowest BCUT2D eigenvalue weighted by molar-refractivity contribution is 0.150. The number of methoxy groups -OCH3 is 1. The molecule has 0 atom stereocenters. The minimum absolute atomic E-state index is 0.614. The predicted molar refractivity (Wildman–Crippen MR) is 56.3 cm³/mol. The van der Waals surface area contributed by atoms with Gasteiger partial charge in [-0.2, -0.15) is 0 Å². The maximum atomic E-state index is 5.55. The number of rotatable bonds is 7. The Bertz CT molecular complexity index is 157. The number of nitrogens with zero attached hydrogens (tertiary/aromatic N) is 1. The third kappa shape index (κ3) is 4.65. The summed E-state index contributed by atoms with van der Waals surface area (Å²) in [5, 5.41) is 0. The molecule has 0 amide bonds. The molecule has 0 heterocycles. The quantitative estimate of drug-likeness (QED) is 0.463. The summed E-state index contributed by atoms with van der Waals surface area (Å²) >= 11 is 5.55. The van der Waals surface area contributed by atoms with Crippen LogP contribution in [0.3, 0.4) is 0 Å². The molecule has 0 radical (unpaired) electrons. The Labute approximate surface area is 85.5 Å². The van der Waals surface area contributed by atoms with Crippen molar-refractivity contribution in [2.24, 2.45) is 0 Å². The summed E-state index contributed by atoms with van der Waals surface area (Å²) in [6.45, 7) is 2.87. The van der Waals surface area contributed by atoms with E-state index in [1.807, 2.05) is 6.08 Å². The zero-order chi connectivity index (χ0) is 9.52. The maximum Gasteiger partial charge on any atom is 0.0589 e. The monoisotopic (exact) mass is 203 g/mol. The summed E-state index contributed by atoms with van der Waals surface area (Å²) in [6, 6.07) is 0.801. The third-order valence-corrected chi connectivity index (χ3v) is 2.42. The highest BCUT2D eigenvalue weighted by Gasteiger charge is 2.27. The molecular weight excluding hydrogens is 186 g/mol. The highest BCUT2D eigenvalue weighted by atomic mass is 35.5. The third-order valence-electron chi connectivity index (χ3n) is 2.24. The van der Waals surface area contributed by atoms with Crippen LogP contribution < -0.4 is 0 Å². The molecule has 1 rings (SSSR count). The summed E-state index contributed by atoms with van der Waals surface area (Å²) in [6.07, 6.45) is 6.83. The molecular formula is C10H18ClNO. The van der Waals surface area contributed by atoms with Crippen LogP contribution in [0.25, 0.3) is 0 Å². The van der Waals surface area contributed by atoms with Crippen LogP contribution in [0.2, 0.25) is 0 Å². The minimum Gasteiger partial charge on any atom is -0.383 e. The fourth-order valence-electron chi connectivity index (χ4n) is 1.34. The smallest absolute Gasteiger partial charge is 0.0589 e. The number of hydrogen-bond donors (Lipinski definition) is 0. The zero-order valence-corrected chi connectivity index (χ0v) is 8.96. The Morgan fingerprint density at radius 2 is 2.23 bits per heavy atom. The lowest BCUT2D eigenvalue weighted by Gasteiger charge is -2.19. The van der Waals surface area contributed by atoms with Gasteiger partial charge in [-0.25, -0.2) is 0 Å². The molecule has 1 aliphatic carbocycles. The largest absolute Gasteiger partial charge is 0.383 e. The molecule has 0 aromatic carbocycles. The summed E-state index contributed by atoms with van der Waals surface area (Å²) in [7, 11) is 1.75. The predicted octanol–water partition coefficient (Wildman–Crippen LogP) is 1.89. The van der Waals surface area contributed by atoms with E-state index in [1.54, 1.807) is 7.11 Å². The summed E-state index contributed by atoms with van der Waals surface area (Å²) in [5.74, 6) is 0.614. The van der Waals surface area contributed by atoms with E-state index in [1.165, 1.54) is 12.8 Å². The number of ether oxygens (including phenoxy) is 1. The van der Waals surface area contributed by atoms with Gasteiger partial charge in [0, 0.05) is 32.1 Å².